The number of carbonyl (C=O) groups is 1. The minimum Gasteiger partial charge on any atom is -0.450 e. The molecule has 0 radical (unpaired) electrons. The third-order valence-electron chi connectivity index (χ3n) is 5.87. The normalized spacial score (nSPS) is 16.0. The molecule has 0 fully saturated rings. The van der Waals surface area contributed by atoms with E-state index in [1.807, 2.05) is 13.0 Å². The summed E-state index contributed by atoms with van der Waals surface area (Å²) in [6.45, 7) is 8.69. The van der Waals surface area contributed by atoms with E-state index in [0.717, 1.165) is 18.7 Å². The summed E-state index contributed by atoms with van der Waals surface area (Å²) in [5.41, 5.74) is 1.54. The maximum Gasteiger partial charge on any atom is 0.290 e. The molecule has 0 aliphatic carbocycles. The van der Waals surface area contributed by atoms with Crippen molar-refractivity contribution in [3.8, 4) is 0 Å². The molecular weight excluding hydrogens is 383 g/mol. The van der Waals surface area contributed by atoms with E-state index in [0.29, 0.717) is 29.6 Å². The van der Waals surface area contributed by atoms with Gasteiger partial charge in [-0.25, -0.2) is 4.39 Å². The van der Waals surface area contributed by atoms with Crippen molar-refractivity contribution in [2.75, 3.05) is 26.2 Å². The number of likely N-dealkylation sites (N-methyl/N-ethyl adjacent to an activating group) is 1. The fourth-order valence-electron chi connectivity index (χ4n) is 4.17. The van der Waals surface area contributed by atoms with E-state index in [-0.39, 0.29) is 22.7 Å². The average molecular weight is 408 g/mol. The van der Waals surface area contributed by atoms with Gasteiger partial charge in [0.05, 0.1) is 17.0 Å². The van der Waals surface area contributed by atoms with Crippen molar-refractivity contribution in [3.63, 3.8) is 0 Å². The van der Waals surface area contributed by atoms with Gasteiger partial charge in [0.2, 0.25) is 5.76 Å². The highest BCUT2D eigenvalue weighted by Crippen LogP contribution is 2.38. The summed E-state index contributed by atoms with van der Waals surface area (Å²) in [7, 11) is 0. The molecule has 1 aliphatic heterocycles. The van der Waals surface area contributed by atoms with Gasteiger partial charge in [0.1, 0.15) is 11.4 Å². The van der Waals surface area contributed by atoms with E-state index >= 15 is 0 Å². The molecule has 3 aromatic rings. The molecule has 0 saturated carbocycles. The van der Waals surface area contributed by atoms with Crippen LogP contribution in [0.1, 0.15) is 47.1 Å². The number of amides is 1. The molecule has 2 aromatic carbocycles. The Bertz CT molecular complexity index is 1170. The van der Waals surface area contributed by atoms with Crippen LogP contribution < -0.4 is 5.43 Å². The molecule has 1 unspecified atom stereocenters. The van der Waals surface area contributed by atoms with Crippen LogP contribution in [0.2, 0.25) is 0 Å². The molecule has 0 saturated heterocycles. The Kier molecular flexibility index (Phi) is 5.43. The van der Waals surface area contributed by atoms with Crippen LogP contribution in [0.15, 0.2) is 51.7 Å². The molecule has 30 heavy (non-hydrogen) atoms. The van der Waals surface area contributed by atoms with E-state index in [1.165, 1.54) is 6.07 Å². The second-order valence-electron chi connectivity index (χ2n) is 7.62. The number of fused-ring (bicyclic) bond motifs is 2. The van der Waals surface area contributed by atoms with Gasteiger partial charge in [0, 0.05) is 18.7 Å². The van der Waals surface area contributed by atoms with Crippen molar-refractivity contribution in [1.29, 1.82) is 0 Å². The topological polar surface area (TPSA) is 53.8 Å². The van der Waals surface area contributed by atoms with Gasteiger partial charge in [-0.1, -0.05) is 43.7 Å². The first-order valence-electron chi connectivity index (χ1n) is 10.3. The number of hydrogen-bond donors (Lipinski definition) is 0. The number of carbonyl (C=O) groups excluding carboxylic acids is 1. The lowest BCUT2D eigenvalue weighted by molar-refractivity contribution is 0.0706. The highest BCUT2D eigenvalue weighted by Gasteiger charge is 2.43. The lowest BCUT2D eigenvalue weighted by atomic mass is 9.97. The SMILES string of the molecule is CCN(CC)CCN1C(=O)c2oc3ccc(C)cc3c(=O)c2C1c1ccccc1F. The van der Waals surface area contributed by atoms with Gasteiger partial charge in [0.25, 0.3) is 5.91 Å². The van der Waals surface area contributed by atoms with Gasteiger partial charge < -0.3 is 14.2 Å². The van der Waals surface area contributed by atoms with Crippen LogP contribution in [0.4, 0.5) is 4.39 Å². The van der Waals surface area contributed by atoms with Crippen molar-refractivity contribution < 1.29 is 13.6 Å². The predicted octanol–water partition coefficient (Wildman–Crippen LogP) is 4.13. The summed E-state index contributed by atoms with van der Waals surface area (Å²) >= 11 is 0. The number of rotatable bonds is 6. The molecule has 1 amide bonds. The number of halogens is 1. The van der Waals surface area contributed by atoms with Crippen LogP contribution in [0.3, 0.4) is 0 Å². The van der Waals surface area contributed by atoms with Crippen LogP contribution in [-0.4, -0.2) is 41.9 Å². The summed E-state index contributed by atoms with van der Waals surface area (Å²) in [6, 6.07) is 10.8. The molecule has 0 spiro atoms. The van der Waals surface area contributed by atoms with E-state index in [1.54, 1.807) is 35.2 Å². The fourth-order valence-corrected chi connectivity index (χ4v) is 4.17. The summed E-state index contributed by atoms with van der Waals surface area (Å²) < 4.78 is 20.7. The van der Waals surface area contributed by atoms with Crippen molar-refractivity contribution >= 4 is 16.9 Å². The second kappa shape index (κ2) is 8.03. The monoisotopic (exact) mass is 408 g/mol. The number of nitrogens with zero attached hydrogens (tertiary/aromatic N) is 2. The van der Waals surface area contributed by atoms with Gasteiger partial charge in [-0.3, -0.25) is 9.59 Å². The van der Waals surface area contributed by atoms with Crippen molar-refractivity contribution in [3.05, 3.63) is 81.0 Å². The van der Waals surface area contributed by atoms with Crippen molar-refractivity contribution in [1.82, 2.24) is 9.80 Å². The largest absolute Gasteiger partial charge is 0.450 e. The summed E-state index contributed by atoms with van der Waals surface area (Å²) in [4.78, 5) is 30.5. The molecule has 4 rings (SSSR count). The molecule has 1 aliphatic rings. The second-order valence-corrected chi connectivity index (χ2v) is 7.62. The molecule has 5 nitrogen and oxygen atoms in total. The standard InChI is InChI=1S/C24H25FN2O3/c1-4-26(5-2)12-13-27-21(16-8-6-7-9-18(16)25)20-22(28)17-14-15(3)10-11-19(17)30-23(20)24(27)29/h6-11,14,21H,4-5,12-13H2,1-3H3. The minimum absolute atomic E-state index is 0.0177. The summed E-state index contributed by atoms with van der Waals surface area (Å²) in [5, 5.41) is 0.411. The first-order valence-corrected chi connectivity index (χ1v) is 10.3. The lowest BCUT2D eigenvalue weighted by Gasteiger charge is -2.28. The van der Waals surface area contributed by atoms with E-state index in [4.69, 9.17) is 4.42 Å². The van der Waals surface area contributed by atoms with Crippen LogP contribution >= 0.6 is 0 Å². The minimum atomic E-state index is -0.801. The Balaban J connectivity index is 1.90. The quantitative estimate of drug-likeness (QED) is 0.616. The zero-order valence-electron chi connectivity index (χ0n) is 17.4. The van der Waals surface area contributed by atoms with Crippen molar-refractivity contribution in [2.24, 2.45) is 0 Å². The zero-order valence-corrected chi connectivity index (χ0v) is 17.4. The van der Waals surface area contributed by atoms with Crippen LogP contribution in [0.25, 0.3) is 11.0 Å². The maximum absolute atomic E-state index is 14.8. The smallest absolute Gasteiger partial charge is 0.290 e. The fraction of sp³-hybridized carbons (Fsp3) is 0.333. The average Bonchev–Trinajstić information content (AvgIpc) is 3.02. The molecule has 1 aromatic heterocycles. The molecule has 2 heterocycles. The molecule has 1 atom stereocenters. The summed E-state index contributed by atoms with van der Waals surface area (Å²) in [5.74, 6) is -0.797. The third-order valence-corrected chi connectivity index (χ3v) is 5.87. The van der Waals surface area contributed by atoms with Gasteiger partial charge in [0.15, 0.2) is 5.43 Å². The molecule has 6 heteroatoms. The number of hydrogen-bond acceptors (Lipinski definition) is 4. The molecule has 0 bridgehead atoms. The van der Waals surface area contributed by atoms with Crippen LogP contribution in [0, 0.1) is 12.7 Å². The Hall–Kier alpha value is -2.99. The highest BCUT2D eigenvalue weighted by atomic mass is 19.1. The first-order chi connectivity index (χ1) is 14.5. The Morgan fingerprint density at radius 1 is 1.10 bits per heavy atom. The molecular formula is C24H25FN2O3. The zero-order chi connectivity index (χ0) is 21.4. The highest BCUT2D eigenvalue weighted by molar-refractivity contribution is 5.99. The van der Waals surface area contributed by atoms with E-state index in [9.17, 15) is 14.0 Å². The Morgan fingerprint density at radius 3 is 2.53 bits per heavy atom. The molecule has 0 N–H and O–H groups in total. The Morgan fingerprint density at radius 2 is 1.83 bits per heavy atom. The van der Waals surface area contributed by atoms with Gasteiger partial charge in [-0.2, -0.15) is 0 Å². The van der Waals surface area contributed by atoms with E-state index < -0.39 is 11.9 Å². The van der Waals surface area contributed by atoms with Crippen LogP contribution in [-0.2, 0) is 0 Å². The van der Waals surface area contributed by atoms with Gasteiger partial charge in [-0.05, 0) is 38.2 Å². The van der Waals surface area contributed by atoms with Gasteiger partial charge in [-0.15, -0.1) is 0 Å². The molecule has 156 valence electrons. The van der Waals surface area contributed by atoms with Gasteiger partial charge >= 0.3 is 0 Å². The number of aryl methyl sites for hydroxylation is 1. The maximum atomic E-state index is 14.8. The summed E-state index contributed by atoms with van der Waals surface area (Å²) in [6.07, 6.45) is 0. The third kappa shape index (κ3) is 3.31. The number of benzene rings is 2. The predicted molar refractivity (Wildman–Crippen MR) is 114 cm³/mol. The Labute approximate surface area is 174 Å². The van der Waals surface area contributed by atoms with E-state index in [2.05, 4.69) is 18.7 Å². The lowest BCUT2D eigenvalue weighted by Crippen LogP contribution is -2.38. The van der Waals surface area contributed by atoms with Crippen molar-refractivity contribution in [2.45, 2.75) is 26.8 Å². The van der Waals surface area contributed by atoms with Crippen LogP contribution in [0.5, 0.6) is 0 Å². The first kappa shape index (κ1) is 20.3.